The van der Waals surface area contributed by atoms with Crippen LogP contribution in [0.2, 0.25) is 0 Å². The highest BCUT2D eigenvalue weighted by atomic mass is 16.9. The summed E-state index contributed by atoms with van der Waals surface area (Å²) in [6.45, 7) is 1.18. The number of guanidine groups is 1. The molecule has 22 heavy (non-hydrogen) atoms. The number of quaternary nitrogens is 1. The molecule has 0 amide bonds. The van der Waals surface area contributed by atoms with Gasteiger partial charge in [-0.2, -0.15) is 0 Å². The monoisotopic (exact) mass is 309 g/mol. The Morgan fingerprint density at radius 2 is 2.05 bits per heavy atom. The predicted octanol–water partition coefficient (Wildman–Crippen LogP) is -0.794. The van der Waals surface area contributed by atoms with Gasteiger partial charge in [0, 0.05) is 18.3 Å². The zero-order valence-electron chi connectivity index (χ0n) is 11.5. The van der Waals surface area contributed by atoms with E-state index >= 15 is 0 Å². The third kappa shape index (κ3) is 7.40. The van der Waals surface area contributed by atoms with Crippen molar-refractivity contribution in [3.8, 4) is 5.75 Å². The van der Waals surface area contributed by atoms with E-state index in [0.717, 1.165) is 11.4 Å². The van der Waals surface area contributed by atoms with E-state index in [1.165, 1.54) is 0 Å². The van der Waals surface area contributed by atoms with Crippen molar-refractivity contribution < 1.29 is 15.1 Å². The molecular weight excluding hydrogens is 294 g/mol. The largest absolute Gasteiger partial charge is 0.492 e. The molecule has 0 saturated heterocycles. The maximum atomic E-state index is 8.25. The minimum atomic E-state index is -1.75. The Kier molecular flexibility index (Phi) is 6.78. The highest BCUT2D eigenvalue weighted by Gasteiger charge is 2.00. The second-order valence-electron chi connectivity index (χ2n) is 3.91. The van der Waals surface area contributed by atoms with Crippen LogP contribution in [0.4, 0.5) is 5.69 Å². The first kappa shape index (κ1) is 16.8. The van der Waals surface area contributed by atoms with E-state index in [2.05, 4.69) is 10.3 Å². The lowest BCUT2D eigenvalue weighted by atomic mass is 10.3. The second-order valence-corrected chi connectivity index (χ2v) is 3.91. The SMILES string of the molecule is N=C(N)[NH2+]c1ccc(OCCn2ccnn2)cc1.O=[N+]([O-])[O-]. The van der Waals surface area contributed by atoms with Gasteiger partial charge in [0.1, 0.15) is 18.0 Å². The van der Waals surface area contributed by atoms with Gasteiger partial charge < -0.3 is 25.8 Å². The zero-order valence-corrected chi connectivity index (χ0v) is 11.5. The Labute approximate surface area is 124 Å². The number of nitrogens with one attached hydrogen (secondary N) is 1. The predicted molar refractivity (Wildman–Crippen MR) is 75.8 cm³/mol. The maximum absolute atomic E-state index is 8.25. The molecule has 0 radical (unpaired) electrons. The summed E-state index contributed by atoms with van der Waals surface area (Å²) in [4.78, 5) is 8.25. The molecule has 2 aromatic rings. The van der Waals surface area contributed by atoms with Gasteiger partial charge in [-0.25, -0.2) is 10.1 Å². The summed E-state index contributed by atoms with van der Waals surface area (Å²) in [6, 6.07) is 7.39. The van der Waals surface area contributed by atoms with Gasteiger partial charge in [0.05, 0.1) is 17.8 Å². The van der Waals surface area contributed by atoms with Gasteiger partial charge in [-0.1, -0.05) is 5.21 Å². The molecule has 1 aromatic carbocycles. The first-order valence-electron chi connectivity index (χ1n) is 6.04. The zero-order chi connectivity index (χ0) is 16.4. The van der Waals surface area contributed by atoms with Crippen molar-refractivity contribution in [1.82, 2.24) is 15.0 Å². The summed E-state index contributed by atoms with van der Waals surface area (Å²) in [5.74, 6) is 0.811. The summed E-state index contributed by atoms with van der Waals surface area (Å²) < 4.78 is 7.26. The molecule has 0 aliphatic rings. The van der Waals surface area contributed by atoms with E-state index in [1.807, 2.05) is 24.3 Å². The molecule has 1 heterocycles. The fourth-order valence-electron chi connectivity index (χ4n) is 1.45. The Morgan fingerprint density at radius 3 is 2.55 bits per heavy atom. The Balaban J connectivity index is 0.000000541. The van der Waals surface area contributed by atoms with Crippen LogP contribution >= 0.6 is 0 Å². The Hall–Kier alpha value is -3.21. The van der Waals surface area contributed by atoms with Crippen LogP contribution in [0.5, 0.6) is 5.75 Å². The fourth-order valence-corrected chi connectivity index (χ4v) is 1.45. The van der Waals surface area contributed by atoms with Crippen LogP contribution in [0.25, 0.3) is 0 Å². The molecule has 0 aliphatic carbocycles. The third-order valence-electron chi connectivity index (χ3n) is 2.26. The van der Waals surface area contributed by atoms with E-state index in [0.29, 0.717) is 13.2 Å². The van der Waals surface area contributed by atoms with E-state index < -0.39 is 5.09 Å². The summed E-state index contributed by atoms with van der Waals surface area (Å²) in [5.41, 5.74) is 6.16. The first-order chi connectivity index (χ1) is 10.5. The Morgan fingerprint density at radius 1 is 1.41 bits per heavy atom. The van der Waals surface area contributed by atoms with Crippen LogP contribution in [0.3, 0.4) is 0 Å². The number of rotatable bonds is 5. The third-order valence-corrected chi connectivity index (χ3v) is 2.26. The van der Waals surface area contributed by atoms with Gasteiger partial charge >= 0.3 is 0 Å². The maximum Gasteiger partial charge on any atom is 0.293 e. The molecular formula is C11H15N7O4. The topological polar surface area (TPSA) is 173 Å². The molecule has 2 rings (SSSR count). The van der Waals surface area contributed by atoms with E-state index in [1.54, 1.807) is 22.4 Å². The molecule has 11 heteroatoms. The normalized spacial score (nSPS) is 9.45. The summed E-state index contributed by atoms with van der Waals surface area (Å²) >= 11 is 0. The number of aromatic nitrogens is 3. The van der Waals surface area contributed by atoms with E-state index in [4.69, 9.17) is 31.2 Å². The van der Waals surface area contributed by atoms with Gasteiger partial charge in [0.15, 0.2) is 0 Å². The molecule has 0 aliphatic heterocycles. The highest BCUT2D eigenvalue weighted by molar-refractivity contribution is 5.66. The first-order valence-corrected chi connectivity index (χ1v) is 6.04. The lowest BCUT2D eigenvalue weighted by Gasteiger charge is -2.06. The molecule has 11 nitrogen and oxygen atoms in total. The van der Waals surface area contributed by atoms with E-state index in [9.17, 15) is 0 Å². The number of nitrogens with zero attached hydrogens (tertiary/aromatic N) is 4. The molecule has 0 unspecified atom stereocenters. The number of ether oxygens (including phenoxy) is 1. The van der Waals surface area contributed by atoms with Crippen molar-refractivity contribution in [2.45, 2.75) is 6.54 Å². The molecule has 118 valence electrons. The minimum Gasteiger partial charge on any atom is -0.492 e. The quantitative estimate of drug-likeness (QED) is 0.213. The molecule has 0 atom stereocenters. The van der Waals surface area contributed by atoms with Gasteiger partial charge in [-0.15, -0.1) is 5.10 Å². The average molecular weight is 309 g/mol. The van der Waals surface area contributed by atoms with Crippen molar-refractivity contribution in [2.75, 3.05) is 6.61 Å². The molecule has 0 spiro atoms. The molecule has 0 saturated carbocycles. The summed E-state index contributed by atoms with van der Waals surface area (Å²) in [5, 5.41) is 31.0. The standard InChI is InChI=1S/C11H14N6O.NO3/c12-11(13)15-9-1-3-10(4-2-9)18-8-7-17-6-5-14-16-17;2-1(3)4/h1-6H,7-8H2,(H4,12,13,15);/q;-1/p+1. The smallest absolute Gasteiger partial charge is 0.293 e. The van der Waals surface area contributed by atoms with Gasteiger partial charge in [0.2, 0.25) is 0 Å². The number of hydrogen-bond donors (Lipinski definition) is 3. The van der Waals surface area contributed by atoms with Crippen molar-refractivity contribution in [1.29, 1.82) is 5.41 Å². The minimum absolute atomic E-state index is 0.0369. The van der Waals surface area contributed by atoms with Crippen molar-refractivity contribution in [3.63, 3.8) is 0 Å². The number of hydrogen-bond acceptors (Lipinski definition) is 7. The van der Waals surface area contributed by atoms with Gasteiger partial charge in [0.25, 0.3) is 5.96 Å². The average Bonchev–Trinajstić information content (AvgIpc) is 2.93. The summed E-state index contributed by atoms with van der Waals surface area (Å²) in [6.07, 6.45) is 3.42. The van der Waals surface area contributed by atoms with Gasteiger partial charge in [-0.05, 0) is 12.1 Å². The highest BCUT2D eigenvalue weighted by Crippen LogP contribution is 2.12. The molecule has 1 aromatic heterocycles. The van der Waals surface area contributed by atoms with Crippen LogP contribution in [0.1, 0.15) is 0 Å². The number of nitrogens with two attached hydrogens (primary N) is 2. The van der Waals surface area contributed by atoms with Crippen molar-refractivity contribution >= 4 is 11.6 Å². The lowest BCUT2D eigenvalue weighted by Crippen LogP contribution is -2.84. The number of benzene rings is 1. The Bertz CT molecular complexity index is 581. The molecule has 0 fully saturated rings. The van der Waals surface area contributed by atoms with E-state index in [-0.39, 0.29) is 5.96 Å². The van der Waals surface area contributed by atoms with Crippen LogP contribution in [0, 0.1) is 20.7 Å². The van der Waals surface area contributed by atoms with Crippen LogP contribution < -0.4 is 15.8 Å². The summed E-state index contributed by atoms with van der Waals surface area (Å²) in [7, 11) is 0. The second kappa shape index (κ2) is 8.86. The lowest BCUT2D eigenvalue weighted by molar-refractivity contribution is -0.447. The van der Waals surface area contributed by atoms with Crippen LogP contribution in [0.15, 0.2) is 36.7 Å². The fraction of sp³-hybridized carbons (Fsp3) is 0.182. The van der Waals surface area contributed by atoms with Gasteiger partial charge in [-0.3, -0.25) is 5.32 Å². The van der Waals surface area contributed by atoms with Crippen LogP contribution in [-0.4, -0.2) is 32.6 Å². The van der Waals surface area contributed by atoms with Crippen molar-refractivity contribution in [3.05, 3.63) is 52.0 Å². The van der Waals surface area contributed by atoms with Crippen LogP contribution in [-0.2, 0) is 6.54 Å². The molecule has 5 N–H and O–H groups in total. The van der Waals surface area contributed by atoms with Crippen molar-refractivity contribution in [2.24, 2.45) is 5.73 Å². The molecule has 0 bridgehead atoms.